The van der Waals surface area contributed by atoms with E-state index in [1.54, 1.807) is 12.1 Å². The van der Waals surface area contributed by atoms with Gasteiger partial charge in [0.15, 0.2) is 0 Å². The molecule has 4 heteroatoms. The average Bonchev–Trinajstić information content (AvgIpc) is 2.28. The highest BCUT2D eigenvalue weighted by Crippen LogP contribution is 2.19. The molecule has 2 N–H and O–H groups in total. The number of piperidine rings is 1. The SMILES string of the molecule is O[C@]1(COc2cccc(F)c2)CCCNC1. The Morgan fingerprint density at radius 2 is 2.38 bits per heavy atom. The molecule has 0 aromatic heterocycles. The van der Waals surface area contributed by atoms with Crippen LogP contribution in [0.25, 0.3) is 0 Å². The topological polar surface area (TPSA) is 41.5 Å². The van der Waals surface area contributed by atoms with Crippen molar-refractivity contribution >= 4 is 0 Å². The molecule has 0 saturated carbocycles. The van der Waals surface area contributed by atoms with E-state index in [0.29, 0.717) is 12.3 Å². The van der Waals surface area contributed by atoms with Gasteiger partial charge in [-0.25, -0.2) is 4.39 Å². The minimum atomic E-state index is -0.829. The minimum Gasteiger partial charge on any atom is -0.490 e. The summed E-state index contributed by atoms with van der Waals surface area (Å²) < 4.78 is 18.3. The predicted octanol–water partition coefficient (Wildman–Crippen LogP) is 1.32. The van der Waals surface area contributed by atoms with Crippen molar-refractivity contribution in [2.24, 2.45) is 0 Å². The molecule has 1 aromatic carbocycles. The summed E-state index contributed by atoms with van der Waals surface area (Å²) in [5.41, 5.74) is -0.829. The standard InChI is InChI=1S/C12H16FNO2/c13-10-3-1-4-11(7-10)16-9-12(15)5-2-6-14-8-12/h1,3-4,7,14-15H,2,5-6,8-9H2/t12-/m1/s1. The molecule has 1 aromatic rings. The predicted molar refractivity (Wildman–Crippen MR) is 58.9 cm³/mol. The molecule has 16 heavy (non-hydrogen) atoms. The second-order valence-corrected chi connectivity index (χ2v) is 4.25. The van der Waals surface area contributed by atoms with Crippen molar-refractivity contribution in [3.05, 3.63) is 30.1 Å². The van der Waals surface area contributed by atoms with Crippen LogP contribution in [0.5, 0.6) is 5.75 Å². The van der Waals surface area contributed by atoms with E-state index in [-0.39, 0.29) is 12.4 Å². The largest absolute Gasteiger partial charge is 0.490 e. The van der Waals surface area contributed by atoms with Gasteiger partial charge in [-0.3, -0.25) is 0 Å². The second kappa shape index (κ2) is 4.80. The van der Waals surface area contributed by atoms with Gasteiger partial charge >= 0.3 is 0 Å². The van der Waals surface area contributed by atoms with Crippen LogP contribution in [-0.4, -0.2) is 30.4 Å². The number of aliphatic hydroxyl groups is 1. The van der Waals surface area contributed by atoms with Crippen LogP contribution in [0.1, 0.15) is 12.8 Å². The van der Waals surface area contributed by atoms with E-state index in [1.165, 1.54) is 12.1 Å². The molecule has 1 aliphatic heterocycles. The fourth-order valence-corrected chi connectivity index (χ4v) is 1.85. The Balaban J connectivity index is 1.91. The van der Waals surface area contributed by atoms with Gasteiger partial charge in [0.1, 0.15) is 23.8 Å². The molecule has 1 saturated heterocycles. The molecule has 0 bridgehead atoms. The molecule has 88 valence electrons. The molecule has 1 heterocycles. The van der Waals surface area contributed by atoms with Crippen molar-refractivity contribution in [2.75, 3.05) is 19.7 Å². The van der Waals surface area contributed by atoms with Crippen molar-refractivity contribution < 1.29 is 14.2 Å². The summed E-state index contributed by atoms with van der Waals surface area (Å²) in [4.78, 5) is 0. The van der Waals surface area contributed by atoms with Crippen LogP contribution >= 0.6 is 0 Å². The summed E-state index contributed by atoms with van der Waals surface area (Å²) in [5.74, 6) is 0.130. The minimum absolute atomic E-state index is 0.198. The van der Waals surface area contributed by atoms with Crippen molar-refractivity contribution in [3.63, 3.8) is 0 Å². The molecule has 1 atom stereocenters. The highest BCUT2D eigenvalue weighted by atomic mass is 19.1. The summed E-state index contributed by atoms with van der Waals surface area (Å²) in [6, 6.07) is 5.96. The van der Waals surface area contributed by atoms with Crippen molar-refractivity contribution in [2.45, 2.75) is 18.4 Å². The number of ether oxygens (including phenoxy) is 1. The maximum Gasteiger partial charge on any atom is 0.126 e. The van der Waals surface area contributed by atoms with Crippen LogP contribution < -0.4 is 10.1 Å². The molecule has 1 aliphatic rings. The van der Waals surface area contributed by atoms with E-state index in [0.717, 1.165) is 19.4 Å². The zero-order valence-corrected chi connectivity index (χ0v) is 9.08. The van der Waals surface area contributed by atoms with Crippen LogP contribution in [0, 0.1) is 5.82 Å². The number of halogens is 1. The van der Waals surface area contributed by atoms with Gasteiger partial charge in [-0.05, 0) is 31.5 Å². The zero-order chi connectivity index (χ0) is 11.4. The normalized spacial score (nSPS) is 25.4. The number of benzene rings is 1. The van der Waals surface area contributed by atoms with Gasteiger partial charge in [-0.2, -0.15) is 0 Å². The number of rotatable bonds is 3. The van der Waals surface area contributed by atoms with Gasteiger partial charge in [-0.1, -0.05) is 6.07 Å². The van der Waals surface area contributed by atoms with E-state index >= 15 is 0 Å². The summed E-state index contributed by atoms with van der Waals surface area (Å²) in [7, 11) is 0. The van der Waals surface area contributed by atoms with E-state index in [9.17, 15) is 9.50 Å². The van der Waals surface area contributed by atoms with Crippen molar-refractivity contribution in [1.29, 1.82) is 0 Å². The van der Waals surface area contributed by atoms with E-state index in [1.807, 2.05) is 0 Å². The van der Waals surface area contributed by atoms with E-state index in [2.05, 4.69) is 5.32 Å². The van der Waals surface area contributed by atoms with Crippen LogP contribution in [0.3, 0.4) is 0 Å². The average molecular weight is 225 g/mol. The summed E-state index contributed by atoms with van der Waals surface area (Å²) in [6.07, 6.45) is 1.65. The third-order valence-electron chi connectivity index (χ3n) is 2.75. The maximum atomic E-state index is 12.9. The summed E-state index contributed by atoms with van der Waals surface area (Å²) in [6.45, 7) is 1.66. The Morgan fingerprint density at radius 1 is 1.50 bits per heavy atom. The first-order chi connectivity index (χ1) is 7.68. The van der Waals surface area contributed by atoms with Gasteiger partial charge in [0.25, 0.3) is 0 Å². The van der Waals surface area contributed by atoms with Gasteiger partial charge in [0.05, 0.1) is 0 Å². The van der Waals surface area contributed by atoms with Crippen LogP contribution in [-0.2, 0) is 0 Å². The molecular weight excluding hydrogens is 209 g/mol. The Labute approximate surface area is 94.2 Å². The molecule has 2 rings (SSSR count). The van der Waals surface area contributed by atoms with Crippen LogP contribution in [0.2, 0.25) is 0 Å². The van der Waals surface area contributed by atoms with Gasteiger partial charge in [-0.15, -0.1) is 0 Å². The summed E-state index contributed by atoms with van der Waals surface area (Å²) in [5, 5.41) is 13.2. The Hall–Kier alpha value is -1.13. The van der Waals surface area contributed by atoms with Gasteiger partial charge in [0, 0.05) is 12.6 Å². The van der Waals surface area contributed by atoms with Crippen molar-refractivity contribution in [1.82, 2.24) is 5.32 Å². The fourth-order valence-electron chi connectivity index (χ4n) is 1.85. The Kier molecular flexibility index (Phi) is 3.41. The van der Waals surface area contributed by atoms with E-state index in [4.69, 9.17) is 4.74 Å². The molecule has 3 nitrogen and oxygen atoms in total. The lowest BCUT2D eigenvalue weighted by Gasteiger charge is -2.32. The lowest BCUT2D eigenvalue weighted by Crippen LogP contribution is -2.49. The second-order valence-electron chi connectivity index (χ2n) is 4.25. The van der Waals surface area contributed by atoms with Gasteiger partial charge in [0.2, 0.25) is 0 Å². The van der Waals surface area contributed by atoms with E-state index < -0.39 is 5.60 Å². The van der Waals surface area contributed by atoms with Crippen LogP contribution in [0.4, 0.5) is 4.39 Å². The lowest BCUT2D eigenvalue weighted by atomic mass is 9.95. The number of hydrogen-bond donors (Lipinski definition) is 2. The lowest BCUT2D eigenvalue weighted by molar-refractivity contribution is -0.0231. The third kappa shape index (κ3) is 2.93. The monoisotopic (exact) mass is 225 g/mol. The Bertz CT molecular complexity index is 351. The zero-order valence-electron chi connectivity index (χ0n) is 9.08. The molecule has 0 amide bonds. The number of hydrogen-bond acceptors (Lipinski definition) is 3. The highest BCUT2D eigenvalue weighted by Gasteiger charge is 2.29. The Morgan fingerprint density at radius 3 is 3.06 bits per heavy atom. The first-order valence-electron chi connectivity index (χ1n) is 5.49. The number of β-amino-alcohol motifs (C(OH)–C–C–N with tert-alkyl or cyclic N) is 1. The smallest absolute Gasteiger partial charge is 0.126 e. The van der Waals surface area contributed by atoms with Crippen LogP contribution in [0.15, 0.2) is 24.3 Å². The quantitative estimate of drug-likeness (QED) is 0.815. The molecule has 0 unspecified atom stereocenters. The highest BCUT2D eigenvalue weighted by molar-refractivity contribution is 5.22. The maximum absolute atomic E-state index is 12.9. The first kappa shape index (κ1) is 11.4. The molecule has 0 radical (unpaired) electrons. The fraction of sp³-hybridized carbons (Fsp3) is 0.500. The third-order valence-corrected chi connectivity index (χ3v) is 2.75. The molecule has 0 spiro atoms. The van der Waals surface area contributed by atoms with Crippen molar-refractivity contribution in [3.8, 4) is 5.75 Å². The number of nitrogens with one attached hydrogen (secondary N) is 1. The molecular formula is C12H16FNO2. The van der Waals surface area contributed by atoms with Gasteiger partial charge < -0.3 is 15.2 Å². The first-order valence-corrected chi connectivity index (χ1v) is 5.49. The molecule has 1 fully saturated rings. The molecule has 0 aliphatic carbocycles. The summed E-state index contributed by atoms with van der Waals surface area (Å²) >= 11 is 0.